The highest BCUT2D eigenvalue weighted by molar-refractivity contribution is 6.00. The number of aromatic nitrogens is 2. The lowest BCUT2D eigenvalue weighted by Gasteiger charge is -2.30. The lowest BCUT2D eigenvalue weighted by Crippen LogP contribution is -2.43. The minimum atomic E-state index is -1.59. The summed E-state index contributed by atoms with van der Waals surface area (Å²) in [5.41, 5.74) is 0.599. The summed E-state index contributed by atoms with van der Waals surface area (Å²) in [5.74, 6) is -2.78. The molecule has 0 spiro atoms. The molecule has 8 nitrogen and oxygen atoms in total. The van der Waals surface area contributed by atoms with Crippen molar-refractivity contribution < 1.29 is 32.9 Å². The van der Waals surface area contributed by atoms with Crippen LogP contribution in [0.1, 0.15) is 41.0 Å². The molecule has 0 bridgehead atoms. The Labute approximate surface area is 229 Å². The number of aliphatic hydroxyl groups is 1. The van der Waals surface area contributed by atoms with Gasteiger partial charge in [-0.15, -0.1) is 0 Å². The molecule has 2 N–H and O–H groups in total. The molecule has 0 unspecified atom stereocenters. The first-order valence-electron chi connectivity index (χ1n) is 12.7. The molecule has 4 aromatic rings. The summed E-state index contributed by atoms with van der Waals surface area (Å²) >= 11 is 0. The summed E-state index contributed by atoms with van der Waals surface area (Å²) in [7, 11) is 1.51. The quantitative estimate of drug-likeness (QED) is 0.343. The third kappa shape index (κ3) is 5.25. The molecule has 2 aromatic carbocycles. The zero-order valence-corrected chi connectivity index (χ0v) is 22.5. The summed E-state index contributed by atoms with van der Waals surface area (Å²) in [6, 6.07) is 11.8. The Morgan fingerprint density at radius 3 is 2.48 bits per heavy atom. The smallest absolute Gasteiger partial charge is 0.251 e. The van der Waals surface area contributed by atoms with Gasteiger partial charge in [0.15, 0.2) is 5.82 Å². The van der Waals surface area contributed by atoms with Crippen molar-refractivity contribution in [1.82, 2.24) is 15.3 Å². The number of carbonyl (C=O) groups excluding carboxylic acids is 1. The van der Waals surface area contributed by atoms with E-state index in [1.54, 1.807) is 18.3 Å². The highest BCUT2D eigenvalue weighted by Gasteiger charge is 2.42. The molecule has 5 rings (SSSR count). The number of hydrogen-bond acceptors (Lipinski definition) is 7. The van der Waals surface area contributed by atoms with Gasteiger partial charge in [-0.25, -0.2) is 13.8 Å². The summed E-state index contributed by atoms with van der Waals surface area (Å²) in [6.07, 6.45) is 1.72. The second-order valence-electron chi connectivity index (χ2n) is 10.2. The van der Waals surface area contributed by atoms with E-state index in [0.717, 1.165) is 10.9 Å². The Bertz CT molecular complexity index is 1580. The second kappa shape index (κ2) is 10.5. The van der Waals surface area contributed by atoms with E-state index in [0.29, 0.717) is 22.4 Å². The highest BCUT2D eigenvalue weighted by atomic mass is 19.1. The summed E-state index contributed by atoms with van der Waals surface area (Å²) in [4.78, 5) is 22.2. The maximum Gasteiger partial charge on any atom is 0.251 e. The third-order valence-corrected chi connectivity index (χ3v) is 6.73. The summed E-state index contributed by atoms with van der Waals surface area (Å²) in [6.45, 7) is 5.03. The molecule has 1 fully saturated rings. The molecule has 208 valence electrons. The van der Waals surface area contributed by atoms with E-state index in [9.17, 15) is 14.3 Å². The fraction of sp³-hybridized carbons (Fsp3) is 0.300. The number of nitrogens with one attached hydrogen (secondary N) is 1. The third-order valence-electron chi connectivity index (χ3n) is 6.73. The number of methoxy groups -OCH3 is 1. The SMILES string of the molecule is COc1cc(C(=O)NCC2(c3cc(C(C)(C)O)c(F)c(-c4ccc(F)cc4)n3)OCCO2)cc2cc(C)cnc12. The summed E-state index contributed by atoms with van der Waals surface area (Å²) < 4.78 is 46.6. The predicted molar refractivity (Wildman–Crippen MR) is 144 cm³/mol. The molecule has 2 aromatic heterocycles. The van der Waals surface area contributed by atoms with Crippen molar-refractivity contribution in [2.24, 2.45) is 0 Å². The molecule has 0 saturated carbocycles. The van der Waals surface area contributed by atoms with Crippen LogP contribution in [0, 0.1) is 18.6 Å². The maximum atomic E-state index is 15.6. The van der Waals surface area contributed by atoms with Gasteiger partial charge < -0.3 is 24.6 Å². The lowest BCUT2D eigenvalue weighted by atomic mass is 9.93. The topological polar surface area (TPSA) is 103 Å². The zero-order valence-electron chi connectivity index (χ0n) is 22.5. The van der Waals surface area contributed by atoms with Crippen molar-refractivity contribution in [3.63, 3.8) is 0 Å². The van der Waals surface area contributed by atoms with Gasteiger partial charge in [-0.3, -0.25) is 9.78 Å². The first-order valence-corrected chi connectivity index (χ1v) is 12.7. The van der Waals surface area contributed by atoms with Gasteiger partial charge in [0.2, 0.25) is 5.79 Å². The highest BCUT2D eigenvalue weighted by Crippen LogP contribution is 2.37. The number of halogens is 2. The molecule has 0 atom stereocenters. The van der Waals surface area contributed by atoms with Crippen molar-refractivity contribution in [2.75, 3.05) is 26.9 Å². The van der Waals surface area contributed by atoms with E-state index in [-0.39, 0.29) is 36.7 Å². The van der Waals surface area contributed by atoms with Crippen LogP contribution in [0.3, 0.4) is 0 Å². The Morgan fingerprint density at radius 1 is 1.12 bits per heavy atom. The van der Waals surface area contributed by atoms with Gasteiger partial charge in [-0.2, -0.15) is 0 Å². The van der Waals surface area contributed by atoms with Crippen LogP contribution in [0.4, 0.5) is 8.78 Å². The van der Waals surface area contributed by atoms with Gasteiger partial charge in [-0.05, 0) is 74.9 Å². The molecule has 1 amide bonds. The molecule has 10 heteroatoms. The van der Waals surface area contributed by atoms with Crippen LogP contribution in [0.2, 0.25) is 0 Å². The number of hydrogen-bond donors (Lipinski definition) is 2. The Kier molecular flexibility index (Phi) is 7.26. The number of nitrogens with zero attached hydrogens (tertiary/aromatic N) is 2. The Balaban J connectivity index is 1.52. The van der Waals surface area contributed by atoms with Gasteiger partial charge in [0, 0.05) is 28.3 Å². The van der Waals surface area contributed by atoms with Gasteiger partial charge >= 0.3 is 0 Å². The van der Waals surface area contributed by atoms with Crippen molar-refractivity contribution in [2.45, 2.75) is 32.2 Å². The van der Waals surface area contributed by atoms with Crippen molar-refractivity contribution in [3.8, 4) is 17.0 Å². The van der Waals surface area contributed by atoms with Crippen LogP contribution in [-0.2, 0) is 20.9 Å². The molecular formula is C30H29F2N3O5. The van der Waals surface area contributed by atoms with Crippen LogP contribution in [0.5, 0.6) is 5.75 Å². The largest absolute Gasteiger partial charge is 0.494 e. The zero-order chi connectivity index (χ0) is 28.7. The molecule has 1 aliphatic rings. The number of ether oxygens (including phenoxy) is 3. The van der Waals surface area contributed by atoms with Gasteiger partial charge in [-0.1, -0.05) is 0 Å². The average molecular weight is 550 g/mol. The van der Waals surface area contributed by atoms with Crippen LogP contribution >= 0.6 is 0 Å². The molecule has 3 heterocycles. The monoisotopic (exact) mass is 549 g/mol. The van der Waals surface area contributed by atoms with E-state index in [4.69, 9.17) is 14.2 Å². The fourth-order valence-corrected chi connectivity index (χ4v) is 4.68. The first-order chi connectivity index (χ1) is 19.0. The standard InChI is InChI=1S/C30H29F2N3O5/c1-17-11-19-12-20(13-23(38-4)26(19)33-15-17)28(36)34-16-30(39-9-10-40-30)24-14-22(29(2,3)37)25(32)27(35-24)18-5-7-21(31)8-6-18/h5-8,11-15,37H,9-10,16H2,1-4H3,(H,34,36). The Morgan fingerprint density at radius 2 is 1.82 bits per heavy atom. The molecule has 1 saturated heterocycles. The van der Waals surface area contributed by atoms with Gasteiger partial charge in [0.25, 0.3) is 5.91 Å². The molecule has 0 aliphatic carbocycles. The predicted octanol–water partition coefficient (Wildman–Crippen LogP) is 4.75. The van der Waals surface area contributed by atoms with E-state index >= 15 is 4.39 Å². The van der Waals surface area contributed by atoms with Crippen LogP contribution < -0.4 is 10.1 Å². The number of benzene rings is 2. The van der Waals surface area contributed by atoms with Gasteiger partial charge in [0.1, 0.15) is 28.5 Å². The number of rotatable bonds is 7. The van der Waals surface area contributed by atoms with E-state index in [1.807, 2.05) is 13.0 Å². The summed E-state index contributed by atoms with van der Waals surface area (Å²) in [5, 5.41) is 14.3. The molecule has 0 radical (unpaired) electrons. The van der Waals surface area contributed by atoms with Crippen LogP contribution in [0.25, 0.3) is 22.2 Å². The first kappa shape index (κ1) is 27.6. The number of pyridine rings is 2. The number of aryl methyl sites for hydroxylation is 1. The number of carbonyl (C=O) groups is 1. The van der Waals surface area contributed by atoms with E-state index in [2.05, 4.69) is 15.3 Å². The average Bonchev–Trinajstić information content (AvgIpc) is 3.41. The molecule has 1 aliphatic heterocycles. The fourth-order valence-electron chi connectivity index (χ4n) is 4.68. The maximum absolute atomic E-state index is 15.6. The van der Waals surface area contributed by atoms with Crippen molar-refractivity contribution >= 4 is 16.8 Å². The van der Waals surface area contributed by atoms with Crippen molar-refractivity contribution in [3.05, 3.63) is 88.7 Å². The van der Waals surface area contributed by atoms with E-state index < -0.39 is 28.9 Å². The molecular weight excluding hydrogens is 520 g/mol. The number of fused-ring (bicyclic) bond motifs is 1. The van der Waals surface area contributed by atoms with Crippen LogP contribution in [-0.4, -0.2) is 47.8 Å². The number of amides is 1. The van der Waals surface area contributed by atoms with Crippen molar-refractivity contribution in [1.29, 1.82) is 0 Å². The van der Waals surface area contributed by atoms with E-state index in [1.165, 1.54) is 51.3 Å². The van der Waals surface area contributed by atoms with Crippen LogP contribution in [0.15, 0.2) is 54.7 Å². The minimum absolute atomic E-state index is 0.0521. The van der Waals surface area contributed by atoms with Gasteiger partial charge in [0.05, 0.1) is 32.5 Å². The molecule has 40 heavy (non-hydrogen) atoms. The normalized spacial score (nSPS) is 14.9. The lowest BCUT2D eigenvalue weighted by molar-refractivity contribution is -0.163. The minimum Gasteiger partial charge on any atom is -0.494 e. The Hall–Kier alpha value is -3.99. The second-order valence-corrected chi connectivity index (χ2v) is 10.2.